The highest BCUT2D eigenvalue weighted by Gasteiger charge is 2.13. The molecule has 2 aromatic carbocycles. The number of aromatic hydroxyl groups is 2. The predicted octanol–water partition coefficient (Wildman–Crippen LogP) is 3.11. The van der Waals surface area contributed by atoms with Gasteiger partial charge in [-0.05, 0) is 36.4 Å². The molecule has 0 aliphatic carbocycles. The number of phenols is 2. The molecular weight excluding hydrogens is 298 g/mol. The minimum absolute atomic E-state index is 0.0259. The molecule has 0 atom stereocenters. The van der Waals surface area contributed by atoms with Gasteiger partial charge in [0.05, 0.1) is 5.56 Å². The van der Waals surface area contributed by atoms with Gasteiger partial charge in [-0.3, -0.25) is 4.79 Å². The third-order valence-corrected chi connectivity index (χ3v) is 2.89. The van der Waals surface area contributed by atoms with Gasteiger partial charge >= 0.3 is 0 Å². The van der Waals surface area contributed by atoms with Gasteiger partial charge in [-0.2, -0.15) is 0 Å². The van der Waals surface area contributed by atoms with Crippen LogP contribution in [0.3, 0.4) is 0 Å². The van der Waals surface area contributed by atoms with E-state index in [0.29, 0.717) is 5.69 Å². The largest absolute Gasteiger partial charge is 0.504 e. The van der Waals surface area contributed by atoms with E-state index in [2.05, 4.69) is 21.2 Å². The van der Waals surface area contributed by atoms with Crippen LogP contribution >= 0.6 is 15.9 Å². The molecule has 0 spiro atoms. The monoisotopic (exact) mass is 307 g/mol. The zero-order chi connectivity index (χ0) is 13.1. The Bertz CT molecular complexity index is 581. The van der Waals surface area contributed by atoms with Gasteiger partial charge in [0.15, 0.2) is 11.5 Å². The summed E-state index contributed by atoms with van der Waals surface area (Å²) in [7, 11) is 0. The van der Waals surface area contributed by atoms with Crippen LogP contribution in [-0.2, 0) is 0 Å². The highest BCUT2D eigenvalue weighted by Crippen LogP contribution is 2.28. The van der Waals surface area contributed by atoms with Gasteiger partial charge in [0, 0.05) is 10.2 Å². The van der Waals surface area contributed by atoms with E-state index in [9.17, 15) is 15.0 Å². The molecule has 0 saturated carbocycles. The lowest BCUT2D eigenvalue weighted by Crippen LogP contribution is -2.11. The Morgan fingerprint density at radius 2 is 1.72 bits per heavy atom. The van der Waals surface area contributed by atoms with E-state index in [4.69, 9.17) is 0 Å². The number of para-hydroxylation sites is 1. The molecule has 0 heterocycles. The second kappa shape index (κ2) is 5.10. The molecule has 1 amide bonds. The van der Waals surface area contributed by atoms with Crippen molar-refractivity contribution in [2.75, 3.05) is 5.32 Å². The number of carbonyl (C=O) groups is 1. The minimum atomic E-state index is -0.481. The van der Waals surface area contributed by atoms with Crippen molar-refractivity contribution in [3.8, 4) is 11.5 Å². The number of anilines is 1. The highest BCUT2D eigenvalue weighted by atomic mass is 79.9. The summed E-state index contributed by atoms with van der Waals surface area (Å²) in [5, 5.41) is 21.5. The molecule has 0 unspecified atom stereocenters. The Hall–Kier alpha value is -2.01. The molecule has 0 aromatic heterocycles. The Balaban J connectivity index is 2.22. The second-order valence-electron chi connectivity index (χ2n) is 3.63. The zero-order valence-corrected chi connectivity index (χ0v) is 10.8. The van der Waals surface area contributed by atoms with E-state index < -0.39 is 11.7 Å². The van der Waals surface area contributed by atoms with Gasteiger partial charge in [0.1, 0.15) is 0 Å². The number of hydrogen-bond donors (Lipinski definition) is 3. The average molecular weight is 308 g/mol. The molecular formula is C13H10BrNO3. The lowest BCUT2D eigenvalue weighted by atomic mass is 10.1. The number of halogens is 1. The highest BCUT2D eigenvalue weighted by molar-refractivity contribution is 9.10. The molecule has 5 heteroatoms. The summed E-state index contributed by atoms with van der Waals surface area (Å²) in [6.07, 6.45) is 0. The number of phenolic OH excluding ortho intramolecular Hbond substituents is 2. The number of hydrogen-bond acceptors (Lipinski definition) is 3. The SMILES string of the molecule is O=C(Nc1ccc(Br)cc1)c1cccc(O)c1O. The fourth-order valence-corrected chi connectivity index (χ4v) is 1.71. The van der Waals surface area contributed by atoms with Gasteiger partial charge < -0.3 is 15.5 Å². The molecule has 2 rings (SSSR count). The standard InChI is InChI=1S/C13H10BrNO3/c14-8-4-6-9(7-5-8)15-13(18)10-2-1-3-11(16)12(10)17/h1-7,16-17H,(H,15,18). The molecule has 0 radical (unpaired) electrons. The predicted molar refractivity (Wildman–Crippen MR) is 71.9 cm³/mol. The molecule has 18 heavy (non-hydrogen) atoms. The summed E-state index contributed by atoms with van der Waals surface area (Å²) in [6, 6.07) is 11.3. The molecule has 3 N–H and O–H groups in total. The maximum Gasteiger partial charge on any atom is 0.259 e. The minimum Gasteiger partial charge on any atom is -0.504 e. The first-order valence-electron chi connectivity index (χ1n) is 5.16. The van der Waals surface area contributed by atoms with Crippen molar-refractivity contribution >= 4 is 27.5 Å². The van der Waals surface area contributed by atoms with Gasteiger partial charge in [-0.1, -0.05) is 22.0 Å². The summed E-state index contributed by atoms with van der Waals surface area (Å²) >= 11 is 3.29. The van der Waals surface area contributed by atoms with Crippen LogP contribution in [0.4, 0.5) is 5.69 Å². The Kier molecular flexibility index (Phi) is 3.53. The summed E-state index contributed by atoms with van der Waals surface area (Å²) in [4.78, 5) is 11.9. The van der Waals surface area contributed by atoms with Crippen LogP contribution in [-0.4, -0.2) is 16.1 Å². The van der Waals surface area contributed by atoms with E-state index in [1.165, 1.54) is 18.2 Å². The quantitative estimate of drug-likeness (QED) is 0.747. The van der Waals surface area contributed by atoms with Crippen molar-refractivity contribution in [2.45, 2.75) is 0 Å². The number of nitrogens with one attached hydrogen (secondary N) is 1. The molecule has 2 aromatic rings. The molecule has 92 valence electrons. The molecule has 4 nitrogen and oxygen atoms in total. The van der Waals surface area contributed by atoms with Crippen LogP contribution in [0, 0.1) is 0 Å². The average Bonchev–Trinajstić information content (AvgIpc) is 2.35. The first-order chi connectivity index (χ1) is 8.58. The van der Waals surface area contributed by atoms with Crippen molar-refractivity contribution in [1.82, 2.24) is 0 Å². The Morgan fingerprint density at radius 1 is 1.06 bits per heavy atom. The number of rotatable bonds is 2. The van der Waals surface area contributed by atoms with Crippen molar-refractivity contribution in [2.24, 2.45) is 0 Å². The zero-order valence-electron chi connectivity index (χ0n) is 9.22. The molecule has 0 bridgehead atoms. The first kappa shape index (κ1) is 12.4. The van der Waals surface area contributed by atoms with Crippen LogP contribution in [0.15, 0.2) is 46.9 Å². The van der Waals surface area contributed by atoms with E-state index in [1.54, 1.807) is 24.3 Å². The van der Waals surface area contributed by atoms with E-state index >= 15 is 0 Å². The third kappa shape index (κ3) is 2.62. The van der Waals surface area contributed by atoms with Gasteiger partial charge in [-0.25, -0.2) is 0 Å². The van der Waals surface area contributed by atoms with Crippen LogP contribution < -0.4 is 5.32 Å². The van der Waals surface area contributed by atoms with Crippen LogP contribution in [0.1, 0.15) is 10.4 Å². The maximum atomic E-state index is 11.9. The van der Waals surface area contributed by atoms with Crippen molar-refractivity contribution in [1.29, 1.82) is 0 Å². The van der Waals surface area contributed by atoms with E-state index in [0.717, 1.165) is 4.47 Å². The summed E-state index contributed by atoms with van der Waals surface area (Å²) in [5.41, 5.74) is 0.629. The van der Waals surface area contributed by atoms with Crippen molar-refractivity contribution in [3.05, 3.63) is 52.5 Å². The Labute approximate surface area is 112 Å². The number of carbonyl (C=O) groups excluding carboxylic acids is 1. The van der Waals surface area contributed by atoms with Crippen molar-refractivity contribution < 1.29 is 15.0 Å². The van der Waals surface area contributed by atoms with Crippen LogP contribution in [0.5, 0.6) is 11.5 Å². The normalized spacial score (nSPS) is 10.1. The number of benzene rings is 2. The fraction of sp³-hybridized carbons (Fsp3) is 0. The van der Waals surface area contributed by atoms with Gasteiger partial charge in [0.25, 0.3) is 5.91 Å². The van der Waals surface area contributed by atoms with E-state index in [-0.39, 0.29) is 11.3 Å². The third-order valence-electron chi connectivity index (χ3n) is 2.36. The summed E-state index contributed by atoms with van der Waals surface area (Å²) in [6.45, 7) is 0. The second-order valence-corrected chi connectivity index (χ2v) is 4.55. The lowest BCUT2D eigenvalue weighted by Gasteiger charge is -2.07. The van der Waals surface area contributed by atoms with Crippen LogP contribution in [0.25, 0.3) is 0 Å². The maximum absolute atomic E-state index is 11.9. The molecule has 0 aliphatic heterocycles. The summed E-state index contributed by atoms with van der Waals surface area (Å²) < 4.78 is 0.903. The van der Waals surface area contributed by atoms with Gasteiger partial charge in [-0.15, -0.1) is 0 Å². The fourth-order valence-electron chi connectivity index (χ4n) is 1.45. The lowest BCUT2D eigenvalue weighted by molar-refractivity contribution is 0.102. The van der Waals surface area contributed by atoms with E-state index in [1.807, 2.05) is 0 Å². The van der Waals surface area contributed by atoms with Gasteiger partial charge in [0.2, 0.25) is 0 Å². The molecule has 0 fully saturated rings. The molecule has 0 saturated heterocycles. The first-order valence-corrected chi connectivity index (χ1v) is 5.95. The van der Waals surface area contributed by atoms with Crippen LogP contribution in [0.2, 0.25) is 0 Å². The number of amides is 1. The molecule has 0 aliphatic rings. The summed E-state index contributed by atoms with van der Waals surface area (Å²) in [5.74, 6) is -1.23. The smallest absolute Gasteiger partial charge is 0.259 e. The topological polar surface area (TPSA) is 69.6 Å². The Morgan fingerprint density at radius 3 is 2.39 bits per heavy atom. The van der Waals surface area contributed by atoms with Crippen molar-refractivity contribution in [3.63, 3.8) is 0 Å².